The molecule has 3 aromatic rings. The predicted molar refractivity (Wildman–Crippen MR) is 146 cm³/mol. The van der Waals surface area contributed by atoms with Crippen LogP contribution in [0.3, 0.4) is 0 Å². The van der Waals surface area contributed by atoms with Gasteiger partial charge in [0.1, 0.15) is 0 Å². The molecule has 0 spiro atoms. The van der Waals surface area contributed by atoms with Crippen molar-refractivity contribution in [3.63, 3.8) is 0 Å². The normalized spacial score (nSPS) is 11.2. The van der Waals surface area contributed by atoms with Crippen molar-refractivity contribution in [2.24, 2.45) is 0 Å². The van der Waals surface area contributed by atoms with Crippen LogP contribution in [-0.2, 0) is 22.9 Å². The Morgan fingerprint density at radius 1 is 1.03 bits per heavy atom. The third-order valence-electron chi connectivity index (χ3n) is 5.40. The standard InChI is InChI=1S/C26H26Cl2N4O3S/c1-5-36(34,35)21-10-6-17(7-11-21)15-30-26(33)31-20-13-22(27)25(23(28)14-20)18-8-9-19(16-32(3)4)24(12-18)29-2/h6-14H,5,15-16H2,1,3-4H3,(H2,30,31,33). The average Bonchev–Trinajstić information content (AvgIpc) is 2.83. The van der Waals surface area contributed by atoms with Gasteiger partial charge in [0.05, 0.1) is 27.3 Å². The van der Waals surface area contributed by atoms with Gasteiger partial charge in [0.2, 0.25) is 0 Å². The fourth-order valence-electron chi connectivity index (χ4n) is 3.56. The summed E-state index contributed by atoms with van der Waals surface area (Å²) in [6.07, 6.45) is 0. The van der Waals surface area contributed by atoms with Gasteiger partial charge in [-0.05, 0) is 61.1 Å². The van der Waals surface area contributed by atoms with Crippen LogP contribution in [0.5, 0.6) is 0 Å². The van der Waals surface area contributed by atoms with E-state index >= 15 is 0 Å². The highest BCUT2D eigenvalue weighted by Gasteiger charge is 2.15. The molecule has 3 aromatic carbocycles. The van der Waals surface area contributed by atoms with Crippen molar-refractivity contribution in [3.8, 4) is 11.1 Å². The van der Waals surface area contributed by atoms with Gasteiger partial charge in [0.15, 0.2) is 15.5 Å². The van der Waals surface area contributed by atoms with E-state index in [4.69, 9.17) is 29.8 Å². The lowest BCUT2D eigenvalue weighted by atomic mass is 10.0. The number of hydrogen-bond acceptors (Lipinski definition) is 4. The fraction of sp³-hybridized carbons (Fsp3) is 0.231. The highest BCUT2D eigenvalue weighted by atomic mass is 35.5. The van der Waals surface area contributed by atoms with E-state index in [2.05, 4.69) is 15.5 Å². The molecule has 0 radical (unpaired) electrons. The second-order valence-electron chi connectivity index (χ2n) is 8.36. The van der Waals surface area contributed by atoms with Crippen molar-refractivity contribution in [3.05, 3.63) is 87.2 Å². The lowest BCUT2D eigenvalue weighted by Crippen LogP contribution is -2.28. The smallest absolute Gasteiger partial charge is 0.319 e. The maximum Gasteiger partial charge on any atom is 0.319 e. The van der Waals surface area contributed by atoms with Gasteiger partial charge in [-0.3, -0.25) is 0 Å². The zero-order valence-electron chi connectivity index (χ0n) is 20.1. The van der Waals surface area contributed by atoms with E-state index in [9.17, 15) is 13.2 Å². The molecule has 2 N–H and O–H groups in total. The average molecular weight is 545 g/mol. The van der Waals surface area contributed by atoms with Crippen molar-refractivity contribution in [1.82, 2.24) is 10.2 Å². The van der Waals surface area contributed by atoms with Gasteiger partial charge < -0.3 is 15.5 Å². The van der Waals surface area contributed by atoms with Gasteiger partial charge in [-0.15, -0.1) is 0 Å². The summed E-state index contributed by atoms with van der Waals surface area (Å²) in [7, 11) is 0.604. The number of halogens is 2. The van der Waals surface area contributed by atoms with Gasteiger partial charge in [0.25, 0.3) is 0 Å². The van der Waals surface area contributed by atoms with Gasteiger partial charge in [-0.1, -0.05) is 54.4 Å². The lowest BCUT2D eigenvalue weighted by Gasteiger charge is -2.15. The summed E-state index contributed by atoms with van der Waals surface area (Å²) in [5.74, 6) is 0.0272. The number of rotatable bonds is 8. The minimum absolute atomic E-state index is 0.0272. The Bertz CT molecular complexity index is 1390. The number of amides is 2. The van der Waals surface area contributed by atoms with Crippen LogP contribution in [0, 0.1) is 6.57 Å². The van der Waals surface area contributed by atoms with E-state index in [1.54, 1.807) is 37.3 Å². The molecule has 10 heteroatoms. The van der Waals surface area contributed by atoms with Gasteiger partial charge >= 0.3 is 6.03 Å². The van der Waals surface area contributed by atoms with Crippen LogP contribution in [-0.4, -0.2) is 39.2 Å². The number of nitrogens with zero attached hydrogens (tertiary/aromatic N) is 2. The van der Waals surface area contributed by atoms with Crippen LogP contribution >= 0.6 is 23.2 Å². The Kier molecular flexibility index (Phi) is 8.98. The number of carbonyl (C=O) groups is 1. The molecule has 3 rings (SSSR count). The number of urea groups is 1. The van der Waals surface area contributed by atoms with Crippen molar-refractivity contribution < 1.29 is 13.2 Å². The summed E-state index contributed by atoms with van der Waals surface area (Å²) in [6.45, 7) is 9.95. The van der Waals surface area contributed by atoms with E-state index in [1.807, 2.05) is 31.1 Å². The molecule has 0 saturated carbocycles. The number of anilines is 1. The summed E-state index contributed by atoms with van der Waals surface area (Å²) in [5, 5.41) is 6.09. The molecule has 0 unspecified atom stereocenters. The third-order valence-corrected chi connectivity index (χ3v) is 7.74. The SMILES string of the molecule is [C-]#[N+]c1cc(-c2c(Cl)cc(NC(=O)NCc3ccc(S(=O)(=O)CC)cc3)cc2Cl)ccc1CN(C)C. The van der Waals surface area contributed by atoms with Crippen molar-refractivity contribution >= 4 is 50.4 Å². The van der Waals surface area contributed by atoms with Crippen LogP contribution in [0.25, 0.3) is 16.0 Å². The molecule has 0 aliphatic rings. The monoisotopic (exact) mass is 544 g/mol. The second kappa shape index (κ2) is 11.8. The minimum Gasteiger partial charge on any atom is -0.334 e. The van der Waals surface area contributed by atoms with Gasteiger partial charge in [0, 0.05) is 24.3 Å². The van der Waals surface area contributed by atoms with Gasteiger partial charge in [-0.2, -0.15) is 0 Å². The van der Waals surface area contributed by atoms with Crippen LogP contribution in [0.1, 0.15) is 18.1 Å². The highest BCUT2D eigenvalue weighted by Crippen LogP contribution is 2.39. The van der Waals surface area contributed by atoms with Crippen molar-refractivity contribution in [1.29, 1.82) is 0 Å². The molecule has 0 atom stereocenters. The van der Waals surface area contributed by atoms with E-state index in [1.165, 1.54) is 12.1 Å². The van der Waals surface area contributed by atoms with Crippen LogP contribution in [0.15, 0.2) is 59.5 Å². The molecule has 0 fully saturated rings. The van der Waals surface area contributed by atoms with E-state index in [0.717, 1.165) is 11.1 Å². The zero-order chi connectivity index (χ0) is 26.5. The second-order valence-corrected chi connectivity index (χ2v) is 11.5. The molecule has 0 bridgehead atoms. The molecular formula is C26H26Cl2N4O3S. The summed E-state index contributed by atoms with van der Waals surface area (Å²) < 4.78 is 23.8. The van der Waals surface area contributed by atoms with Crippen molar-refractivity contribution in [2.45, 2.75) is 24.9 Å². The Hall–Kier alpha value is -3.09. The fourth-order valence-corrected chi connectivity index (χ4v) is 5.15. The predicted octanol–water partition coefficient (Wildman–Crippen LogP) is 6.39. The quantitative estimate of drug-likeness (QED) is 0.322. The number of hydrogen-bond donors (Lipinski definition) is 2. The highest BCUT2D eigenvalue weighted by molar-refractivity contribution is 7.91. The van der Waals surface area contributed by atoms with E-state index in [0.29, 0.717) is 39.1 Å². The van der Waals surface area contributed by atoms with Crippen LogP contribution < -0.4 is 10.6 Å². The number of sulfone groups is 1. The topological polar surface area (TPSA) is 82.9 Å². The molecule has 36 heavy (non-hydrogen) atoms. The first kappa shape index (κ1) is 27.5. The lowest BCUT2D eigenvalue weighted by molar-refractivity contribution is 0.251. The Labute approximate surface area is 221 Å². The van der Waals surface area contributed by atoms with Gasteiger partial charge in [-0.25, -0.2) is 18.1 Å². The van der Waals surface area contributed by atoms with Crippen LogP contribution in [0.2, 0.25) is 10.0 Å². The first-order valence-electron chi connectivity index (χ1n) is 11.0. The number of nitrogens with one attached hydrogen (secondary N) is 2. The Morgan fingerprint density at radius 2 is 1.67 bits per heavy atom. The third kappa shape index (κ3) is 6.77. The molecule has 0 heterocycles. The summed E-state index contributed by atoms with van der Waals surface area (Å²) in [4.78, 5) is 18.3. The summed E-state index contributed by atoms with van der Waals surface area (Å²) in [6, 6.07) is 14.6. The molecular weight excluding hydrogens is 519 g/mol. The molecule has 0 aliphatic heterocycles. The molecule has 2 amide bonds. The maximum absolute atomic E-state index is 12.4. The summed E-state index contributed by atoms with van der Waals surface area (Å²) >= 11 is 13.0. The van der Waals surface area contributed by atoms with Crippen LogP contribution in [0.4, 0.5) is 16.2 Å². The molecule has 0 aromatic heterocycles. The van der Waals surface area contributed by atoms with E-state index in [-0.39, 0.29) is 17.2 Å². The number of carbonyl (C=O) groups excluding carboxylic acids is 1. The molecule has 7 nitrogen and oxygen atoms in total. The minimum atomic E-state index is -3.27. The first-order valence-corrected chi connectivity index (χ1v) is 13.5. The van der Waals surface area contributed by atoms with E-state index < -0.39 is 15.9 Å². The Balaban J connectivity index is 1.70. The molecule has 188 valence electrons. The molecule has 0 saturated heterocycles. The first-order chi connectivity index (χ1) is 17.0. The molecule has 0 aliphatic carbocycles. The summed E-state index contributed by atoms with van der Waals surface area (Å²) in [5.41, 5.74) is 3.87. The Morgan fingerprint density at radius 3 is 2.22 bits per heavy atom. The zero-order valence-corrected chi connectivity index (χ0v) is 22.4. The van der Waals surface area contributed by atoms with Crippen molar-refractivity contribution in [2.75, 3.05) is 25.2 Å². The maximum atomic E-state index is 12.4. The number of benzene rings is 3. The largest absolute Gasteiger partial charge is 0.334 e.